The SMILES string of the molecule is C=CCN1C(=O)NC(c2cccc(Oc3ccccc3)c2)C(C(=O)OCC)=C1CN1CCCNCC1. The first-order valence-electron chi connectivity index (χ1n) is 12.5. The van der Waals surface area contributed by atoms with Gasteiger partial charge in [0.05, 0.1) is 18.2 Å². The van der Waals surface area contributed by atoms with E-state index < -0.39 is 12.0 Å². The monoisotopic (exact) mass is 490 g/mol. The van der Waals surface area contributed by atoms with Crippen molar-refractivity contribution in [2.45, 2.75) is 19.4 Å². The van der Waals surface area contributed by atoms with Crippen molar-refractivity contribution in [1.82, 2.24) is 20.4 Å². The summed E-state index contributed by atoms with van der Waals surface area (Å²) in [7, 11) is 0. The molecule has 0 spiro atoms. The molecule has 1 unspecified atom stereocenters. The number of hydrogen-bond acceptors (Lipinski definition) is 6. The van der Waals surface area contributed by atoms with Crippen molar-refractivity contribution >= 4 is 12.0 Å². The van der Waals surface area contributed by atoms with Crippen LogP contribution in [0.5, 0.6) is 11.5 Å². The standard InChI is InChI=1S/C28H34N4O4/c1-3-16-32-24(20-31-17-9-14-29-15-18-31)25(27(33)35-4-2)26(30-28(32)34)21-10-8-13-23(19-21)36-22-11-6-5-7-12-22/h3,5-8,10-13,19,26,29H,1,4,9,14-18,20H2,2H3,(H,30,34). The molecule has 2 aliphatic rings. The lowest BCUT2D eigenvalue weighted by Crippen LogP contribution is -2.51. The van der Waals surface area contributed by atoms with Gasteiger partial charge in [-0.1, -0.05) is 36.4 Å². The number of carbonyl (C=O) groups is 2. The summed E-state index contributed by atoms with van der Waals surface area (Å²) in [4.78, 5) is 30.6. The van der Waals surface area contributed by atoms with E-state index in [-0.39, 0.29) is 12.6 Å². The Morgan fingerprint density at radius 1 is 1.11 bits per heavy atom. The highest BCUT2D eigenvalue weighted by Gasteiger charge is 2.38. The molecular weight excluding hydrogens is 456 g/mol. The van der Waals surface area contributed by atoms with Gasteiger partial charge in [0.25, 0.3) is 0 Å². The molecule has 2 aliphatic heterocycles. The Morgan fingerprint density at radius 3 is 2.69 bits per heavy atom. The van der Waals surface area contributed by atoms with Gasteiger partial charge in [0.2, 0.25) is 0 Å². The first kappa shape index (κ1) is 25.5. The Hall–Kier alpha value is -3.62. The van der Waals surface area contributed by atoms with Crippen LogP contribution >= 0.6 is 0 Å². The summed E-state index contributed by atoms with van der Waals surface area (Å²) >= 11 is 0. The van der Waals surface area contributed by atoms with E-state index in [0.29, 0.717) is 35.9 Å². The number of hydrogen-bond donors (Lipinski definition) is 2. The van der Waals surface area contributed by atoms with Crippen LogP contribution in [0.15, 0.2) is 78.5 Å². The van der Waals surface area contributed by atoms with Gasteiger partial charge >= 0.3 is 12.0 Å². The van der Waals surface area contributed by atoms with Crippen LogP contribution in [0.2, 0.25) is 0 Å². The third-order valence-corrected chi connectivity index (χ3v) is 6.22. The molecule has 8 nitrogen and oxygen atoms in total. The van der Waals surface area contributed by atoms with E-state index in [2.05, 4.69) is 22.1 Å². The summed E-state index contributed by atoms with van der Waals surface area (Å²) in [6, 6.07) is 16.0. The minimum absolute atomic E-state index is 0.239. The highest BCUT2D eigenvalue weighted by atomic mass is 16.5. The van der Waals surface area contributed by atoms with Crippen molar-refractivity contribution in [2.75, 3.05) is 45.9 Å². The quantitative estimate of drug-likeness (QED) is 0.411. The number of rotatable bonds is 9. The predicted octanol–water partition coefficient (Wildman–Crippen LogP) is 3.84. The molecule has 0 saturated carbocycles. The van der Waals surface area contributed by atoms with E-state index in [0.717, 1.165) is 38.2 Å². The average Bonchev–Trinajstić information content (AvgIpc) is 3.15. The van der Waals surface area contributed by atoms with Gasteiger partial charge in [-0.25, -0.2) is 9.59 Å². The van der Waals surface area contributed by atoms with Gasteiger partial charge in [-0.05, 0) is 56.3 Å². The van der Waals surface area contributed by atoms with Crippen molar-refractivity contribution in [1.29, 1.82) is 0 Å². The van der Waals surface area contributed by atoms with Gasteiger partial charge in [0, 0.05) is 31.9 Å². The van der Waals surface area contributed by atoms with E-state index in [9.17, 15) is 9.59 Å². The molecule has 2 aromatic rings. The van der Waals surface area contributed by atoms with Crippen LogP contribution in [0.3, 0.4) is 0 Å². The largest absolute Gasteiger partial charge is 0.463 e. The minimum atomic E-state index is -0.669. The van der Waals surface area contributed by atoms with Crippen molar-refractivity contribution in [3.8, 4) is 11.5 Å². The summed E-state index contributed by atoms with van der Waals surface area (Å²) in [6.45, 7) is 10.1. The Kier molecular flexibility index (Phi) is 8.76. The molecule has 2 amide bonds. The van der Waals surface area contributed by atoms with Gasteiger partial charge in [-0.15, -0.1) is 6.58 Å². The molecule has 1 atom stereocenters. The fraction of sp³-hybridized carbons (Fsp3) is 0.357. The number of ether oxygens (including phenoxy) is 2. The molecule has 4 rings (SSSR count). The number of nitrogens with one attached hydrogen (secondary N) is 2. The molecule has 36 heavy (non-hydrogen) atoms. The zero-order valence-electron chi connectivity index (χ0n) is 20.7. The fourth-order valence-electron chi connectivity index (χ4n) is 4.55. The maximum atomic E-state index is 13.4. The lowest BCUT2D eigenvalue weighted by molar-refractivity contribution is -0.139. The lowest BCUT2D eigenvalue weighted by Gasteiger charge is -2.38. The number of amides is 2. The fourth-order valence-corrected chi connectivity index (χ4v) is 4.55. The summed E-state index contributed by atoms with van der Waals surface area (Å²) in [5.41, 5.74) is 1.83. The molecule has 1 saturated heterocycles. The van der Waals surface area contributed by atoms with Gasteiger partial charge in [-0.2, -0.15) is 0 Å². The topological polar surface area (TPSA) is 83.1 Å². The van der Waals surface area contributed by atoms with Crippen LogP contribution in [0.4, 0.5) is 4.79 Å². The van der Waals surface area contributed by atoms with Crippen LogP contribution in [0.25, 0.3) is 0 Å². The lowest BCUT2D eigenvalue weighted by atomic mass is 9.94. The van der Waals surface area contributed by atoms with Gasteiger partial charge in [-0.3, -0.25) is 9.80 Å². The van der Waals surface area contributed by atoms with E-state index >= 15 is 0 Å². The third kappa shape index (κ3) is 6.13. The van der Waals surface area contributed by atoms with Crippen molar-refractivity contribution in [2.24, 2.45) is 0 Å². The van der Waals surface area contributed by atoms with E-state index in [1.165, 1.54) is 0 Å². The molecule has 2 aromatic carbocycles. The second kappa shape index (κ2) is 12.4. The first-order valence-corrected chi connectivity index (χ1v) is 12.5. The Bertz CT molecular complexity index is 1090. The van der Waals surface area contributed by atoms with Crippen LogP contribution < -0.4 is 15.4 Å². The second-order valence-corrected chi connectivity index (χ2v) is 8.73. The first-order chi connectivity index (χ1) is 17.6. The number of urea groups is 1. The predicted molar refractivity (Wildman–Crippen MR) is 139 cm³/mol. The maximum Gasteiger partial charge on any atom is 0.338 e. The van der Waals surface area contributed by atoms with E-state index in [1.54, 1.807) is 17.9 Å². The summed E-state index contributed by atoms with van der Waals surface area (Å²) in [5, 5.41) is 6.42. The van der Waals surface area contributed by atoms with Crippen LogP contribution in [0.1, 0.15) is 24.9 Å². The molecule has 2 N–H and O–H groups in total. The highest BCUT2D eigenvalue weighted by Crippen LogP contribution is 2.34. The Morgan fingerprint density at radius 2 is 1.92 bits per heavy atom. The third-order valence-electron chi connectivity index (χ3n) is 6.22. The number of benzene rings is 2. The normalized spacial score (nSPS) is 18.9. The molecule has 8 heteroatoms. The van der Waals surface area contributed by atoms with Gasteiger partial charge < -0.3 is 20.1 Å². The zero-order chi connectivity index (χ0) is 25.3. The number of carbonyl (C=O) groups excluding carboxylic acids is 2. The number of nitrogens with zero attached hydrogens (tertiary/aromatic N) is 2. The summed E-state index contributed by atoms with van der Waals surface area (Å²) in [6.07, 6.45) is 2.67. The minimum Gasteiger partial charge on any atom is -0.463 e. The molecule has 0 radical (unpaired) electrons. The highest BCUT2D eigenvalue weighted by molar-refractivity contribution is 5.95. The zero-order valence-corrected chi connectivity index (χ0v) is 20.7. The average molecular weight is 491 g/mol. The van der Waals surface area contributed by atoms with Crippen molar-refractivity contribution in [3.63, 3.8) is 0 Å². The molecule has 0 bridgehead atoms. The summed E-state index contributed by atoms with van der Waals surface area (Å²) < 4.78 is 11.5. The summed E-state index contributed by atoms with van der Waals surface area (Å²) in [5.74, 6) is 0.884. The molecule has 0 aliphatic carbocycles. The van der Waals surface area contributed by atoms with Gasteiger partial charge in [0.15, 0.2) is 0 Å². The van der Waals surface area contributed by atoms with Crippen molar-refractivity contribution < 1.29 is 19.1 Å². The molecule has 2 heterocycles. The van der Waals surface area contributed by atoms with E-state index in [1.807, 2.05) is 54.6 Å². The van der Waals surface area contributed by atoms with Crippen molar-refractivity contribution in [3.05, 3.63) is 84.1 Å². The number of para-hydroxylation sites is 1. The Balaban J connectivity index is 1.75. The second-order valence-electron chi connectivity index (χ2n) is 8.73. The van der Waals surface area contributed by atoms with Crippen LogP contribution in [-0.2, 0) is 9.53 Å². The molecule has 0 aromatic heterocycles. The molecule has 1 fully saturated rings. The van der Waals surface area contributed by atoms with E-state index in [4.69, 9.17) is 9.47 Å². The van der Waals surface area contributed by atoms with Gasteiger partial charge in [0.1, 0.15) is 11.5 Å². The molecule has 190 valence electrons. The molecular formula is C28H34N4O4. The number of esters is 1. The van der Waals surface area contributed by atoms with Crippen LogP contribution in [0, 0.1) is 0 Å². The van der Waals surface area contributed by atoms with Crippen LogP contribution in [-0.4, -0.2) is 67.7 Å². The Labute approximate surface area is 212 Å². The smallest absolute Gasteiger partial charge is 0.338 e. The maximum absolute atomic E-state index is 13.4.